The van der Waals surface area contributed by atoms with Crippen molar-refractivity contribution < 1.29 is 4.79 Å². The van der Waals surface area contributed by atoms with Crippen molar-refractivity contribution in [2.24, 2.45) is 5.92 Å². The van der Waals surface area contributed by atoms with Crippen molar-refractivity contribution in [2.45, 2.75) is 19.3 Å². The van der Waals surface area contributed by atoms with Crippen LogP contribution in [0.25, 0.3) is 5.69 Å². The maximum atomic E-state index is 12.1. The van der Waals surface area contributed by atoms with Crippen LogP contribution in [0.5, 0.6) is 0 Å². The summed E-state index contributed by atoms with van der Waals surface area (Å²) in [6.45, 7) is 0.770. The minimum Gasteiger partial charge on any atom is -0.351 e. The van der Waals surface area contributed by atoms with Gasteiger partial charge in [-0.1, -0.05) is 6.42 Å². The van der Waals surface area contributed by atoms with Crippen molar-refractivity contribution in [3.8, 4) is 5.69 Å². The highest BCUT2D eigenvalue weighted by molar-refractivity contribution is 7.12. The Labute approximate surface area is 108 Å². The first kappa shape index (κ1) is 11.3. The SMILES string of the molecule is O=C(NCC1CCC1)c1sccc1-n1cnnn1. The number of carbonyl (C=O) groups is 1. The average Bonchev–Trinajstić information content (AvgIpc) is 2.97. The first-order valence-corrected chi connectivity index (χ1v) is 6.81. The standard InChI is InChI=1S/C11H13N5OS/c17-11(12-6-8-2-1-3-8)10-9(4-5-18-10)16-7-13-14-15-16/h4-5,7-8H,1-3,6H2,(H,12,17). The predicted octanol–water partition coefficient (Wildman–Crippen LogP) is 1.25. The van der Waals surface area contributed by atoms with Crippen LogP contribution >= 0.6 is 11.3 Å². The molecule has 0 atom stereocenters. The highest BCUT2D eigenvalue weighted by atomic mass is 32.1. The predicted molar refractivity (Wildman–Crippen MR) is 66.7 cm³/mol. The minimum atomic E-state index is -0.0394. The average molecular weight is 263 g/mol. The fourth-order valence-electron chi connectivity index (χ4n) is 1.94. The fourth-order valence-corrected chi connectivity index (χ4v) is 2.73. The number of rotatable bonds is 4. The van der Waals surface area contributed by atoms with Crippen LogP contribution in [0.2, 0.25) is 0 Å². The van der Waals surface area contributed by atoms with Crippen LogP contribution in [-0.2, 0) is 0 Å². The number of hydrogen-bond donors (Lipinski definition) is 1. The van der Waals surface area contributed by atoms with E-state index in [2.05, 4.69) is 20.8 Å². The summed E-state index contributed by atoms with van der Waals surface area (Å²) >= 11 is 1.40. The minimum absolute atomic E-state index is 0.0394. The molecule has 7 heteroatoms. The van der Waals surface area contributed by atoms with Crippen LogP contribution in [0.3, 0.4) is 0 Å². The van der Waals surface area contributed by atoms with Gasteiger partial charge in [-0.2, -0.15) is 4.68 Å². The molecule has 1 aliphatic rings. The monoisotopic (exact) mass is 263 g/mol. The number of nitrogens with zero attached hydrogens (tertiary/aromatic N) is 4. The van der Waals surface area contributed by atoms with Gasteiger partial charge in [-0.15, -0.1) is 16.4 Å². The summed E-state index contributed by atoms with van der Waals surface area (Å²) in [6.07, 6.45) is 5.23. The molecule has 0 bridgehead atoms. The normalized spacial score (nSPS) is 15.3. The van der Waals surface area contributed by atoms with E-state index in [-0.39, 0.29) is 5.91 Å². The quantitative estimate of drug-likeness (QED) is 0.901. The van der Waals surface area contributed by atoms with Crippen molar-refractivity contribution in [3.63, 3.8) is 0 Å². The lowest BCUT2D eigenvalue weighted by atomic mass is 9.85. The molecule has 1 aliphatic carbocycles. The molecule has 2 aromatic heterocycles. The molecule has 1 N–H and O–H groups in total. The molecule has 1 amide bonds. The molecule has 0 saturated heterocycles. The van der Waals surface area contributed by atoms with Crippen molar-refractivity contribution >= 4 is 17.2 Å². The molecule has 0 spiro atoms. The van der Waals surface area contributed by atoms with Crippen molar-refractivity contribution in [3.05, 3.63) is 22.7 Å². The number of thiophene rings is 1. The highest BCUT2D eigenvalue weighted by Crippen LogP contribution is 2.26. The number of aromatic nitrogens is 4. The summed E-state index contributed by atoms with van der Waals surface area (Å²) in [5.74, 6) is 0.618. The van der Waals surface area contributed by atoms with E-state index in [1.165, 1.54) is 41.6 Å². The van der Waals surface area contributed by atoms with Crippen molar-refractivity contribution in [2.75, 3.05) is 6.54 Å². The maximum absolute atomic E-state index is 12.1. The molecule has 0 unspecified atom stereocenters. The first-order chi connectivity index (χ1) is 8.84. The molecule has 0 aromatic carbocycles. The van der Waals surface area contributed by atoms with Gasteiger partial charge in [-0.05, 0) is 40.6 Å². The second-order valence-electron chi connectivity index (χ2n) is 4.40. The van der Waals surface area contributed by atoms with Crippen LogP contribution in [0, 0.1) is 5.92 Å². The number of hydrogen-bond acceptors (Lipinski definition) is 5. The van der Waals surface area contributed by atoms with Crippen LogP contribution in [0.4, 0.5) is 0 Å². The van der Waals surface area contributed by atoms with Gasteiger partial charge in [0.1, 0.15) is 11.2 Å². The van der Waals surface area contributed by atoms with Gasteiger partial charge >= 0.3 is 0 Å². The maximum Gasteiger partial charge on any atom is 0.263 e. The Morgan fingerprint density at radius 2 is 2.44 bits per heavy atom. The lowest BCUT2D eigenvalue weighted by Crippen LogP contribution is -2.32. The Hall–Kier alpha value is -1.76. The summed E-state index contributed by atoms with van der Waals surface area (Å²) in [7, 11) is 0. The smallest absolute Gasteiger partial charge is 0.263 e. The third-order valence-corrected chi connectivity index (χ3v) is 4.12. The number of amides is 1. The van der Waals surface area contributed by atoms with Gasteiger partial charge in [0, 0.05) is 6.54 Å². The second-order valence-corrected chi connectivity index (χ2v) is 5.31. The van der Waals surface area contributed by atoms with Gasteiger partial charge in [0.2, 0.25) is 0 Å². The van der Waals surface area contributed by atoms with Crippen molar-refractivity contribution in [1.82, 2.24) is 25.5 Å². The van der Waals surface area contributed by atoms with E-state index in [9.17, 15) is 4.79 Å². The molecule has 1 fully saturated rings. The van der Waals surface area contributed by atoms with Crippen LogP contribution < -0.4 is 5.32 Å². The van der Waals surface area contributed by atoms with Gasteiger partial charge in [0.25, 0.3) is 5.91 Å². The zero-order valence-electron chi connectivity index (χ0n) is 9.74. The van der Waals surface area contributed by atoms with Gasteiger partial charge in [-0.3, -0.25) is 4.79 Å². The van der Waals surface area contributed by atoms with E-state index >= 15 is 0 Å². The van der Waals surface area contributed by atoms with Gasteiger partial charge in [0.15, 0.2) is 0 Å². The number of nitrogens with one attached hydrogen (secondary N) is 1. The van der Waals surface area contributed by atoms with E-state index in [1.807, 2.05) is 11.4 Å². The lowest BCUT2D eigenvalue weighted by molar-refractivity contribution is 0.0943. The first-order valence-electron chi connectivity index (χ1n) is 5.93. The van der Waals surface area contributed by atoms with E-state index in [1.54, 1.807) is 0 Å². The Morgan fingerprint density at radius 3 is 3.11 bits per heavy atom. The topological polar surface area (TPSA) is 72.7 Å². The Bertz CT molecular complexity index is 531. The summed E-state index contributed by atoms with van der Waals surface area (Å²) < 4.78 is 1.51. The molecular formula is C11H13N5OS. The Morgan fingerprint density at radius 1 is 1.56 bits per heavy atom. The fraction of sp³-hybridized carbons (Fsp3) is 0.455. The molecule has 1 saturated carbocycles. The molecule has 18 heavy (non-hydrogen) atoms. The lowest BCUT2D eigenvalue weighted by Gasteiger charge is -2.25. The summed E-state index contributed by atoms with van der Waals surface area (Å²) in [5.41, 5.74) is 0.733. The molecule has 2 aromatic rings. The molecule has 2 heterocycles. The van der Waals surface area contributed by atoms with Gasteiger partial charge in [0.05, 0.1) is 5.69 Å². The van der Waals surface area contributed by atoms with Gasteiger partial charge in [-0.25, -0.2) is 0 Å². The van der Waals surface area contributed by atoms with E-state index in [4.69, 9.17) is 0 Å². The van der Waals surface area contributed by atoms with E-state index < -0.39 is 0 Å². The van der Waals surface area contributed by atoms with Crippen LogP contribution in [0.1, 0.15) is 28.9 Å². The summed E-state index contributed by atoms with van der Waals surface area (Å²) in [5, 5.41) is 15.8. The highest BCUT2D eigenvalue weighted by Gasteiger charge is 2.20. The molecule has 94 valence electrons. The largest absolute Gasteiger partial charge is 0.351 e. The van der Waals surface area contributed by atoms with E-state index in [0.717, 1.165) is 12.2 Å². The summed E-state index contributed by atoms with van der Waals surface area (Å²) in [6, 6.07) is 1.85. The summed E-state index contributed by atoms with van der Waals surface area (Å²) in [4.78, 5) is 12.7. The van der Waals surface area contributed by atoms with Crippen LogP contribution in [0.15, 0.2) is 17.8 Å². The van der Waals surface area contributed by atoms with E-state index in [0.29, 0.717) is 10.8 Å². The number of carbonyl (C=O) groups excluding carboxylic acids is 1. The third kappa shape index (κ3) is 2.13. The molecular weight excluding hydrogens is 250 g/mol. The Kier molecular flexibility index (Phi) is 3.06. The molecule has 6 nitrogen and oxygen atoms in total. The second kappa shape index (κ2) is 4.85. The van der Waals surface area contributed by atoms with Gasteiger partial charge < -0.3 is 5.32 Å². The zero-order chi connectivity index (χ0) is 12.4. The number of tetrazole rings is 1. The van der Waals surface area contributed by atoms with Crippen molar-refractivity contribution in [1.29, 1.82) is 0 Å². The Balaban J connectivity index is 1.71. The zero-order valence-corrected chi connectivity index (χ0v) is 10.6. The molecule has 0 aliphatic heterocycles. The molecule has 0 radical (unpaired) electrons. The van der Waals surface area contributed by atoms with Crippen LogP contribution in [-0.4, -0.2) is 32.7 Å². The molecule has 3 rings (SSSR count). The third-order valence-electron chi connectivity index (χ3n) is 3.22.